The lowest BCUT2D eigenvalue weighted by Gasteiger charge is -2.20. The number of ether oxygens (including phenoxy) is 2. The Morgan fingerprint density at radius 3 is 2.19 bits per heavy atom. The quantitative estimate of drug-likeness (QED) is 0.584. The fraction of sp³-hybridized carbons (Fsp3) is 1.00. The van der Waals surface area contributed by atoms with Crippen molar-refractivity contribution in [2.75, 3.05) is 26.3 Å². The van der Waals surface area contributed by atoms with E-state index in [1.54, 1.807) is 0 Å². The number of hydrogen-bond donors (Lipinski definition) is 1. The summed E-state index contributed by atoms with van der Waals surface area (Å²) < 4.78 is 11.0. The highest BCUT2D eigenvalue weighted by Crippen LogP contribution is 2.48. The molecule has 1 N–H and O–H groups in total. The van der Waals surface area contributed by atoms with Gasteiger partial charge in [0.25, 0.3) is 0 Å². The molecular weight excluding hydrogens is 202 g/mol. The van der Waals surface area contributed by atoms with Crippen molar-refractivity contribution < 1.29 is 9.47 Å². The number of hydrogen-bond acceptors (Lipinski definition) is 3. The molecule has 0 aromatic heterocycles. The van der Waals surface area contributed by atoms with Gasteiger partial charge in [-0.15, -0.1) is 0 Å². The van der Waals surface area contributed by atoms with Gasteiger partial charge >= 0.3 is 0 Å². The van der Waals surface area contributed by atoms with E-state index in [0.29, 0.717) is 18.6 Å². The van der Waals surface area contributed by atoms with E-state index in [1.165, 1.54) is 25.7 Å². The third kappa shape index (κ3) is 4.81. The van der Waals surface area contributed by atoms with Crippen molar-refractivity contribution in [1.29, 1.82) is 0 Å². The maximum absolute atomic E-state index is 5.49. The van der Waals surface area contributed by atoms with E-state index in [0.717, 1.165) is 13.1 Å². The highest BCUT2D eigenvalue weighted by molar-refractivity contribution is 4.94. The third-order valence-corrected chi connectivity index (χ3v) is 3.25. The SMILES string of the molecule is CCCC1(CNCC(OCC)OCC)CC1. The van der Waals surface area contributed by atoms with E-state index in [2.05, 4.69) is 12.2 Å². The topological polar surface area (TPSA) is 30.5 Å². The van der Waals surface area contributed by atoms with Gasteiger partial charge in [-0.25, -0.2) is 0 Å². The summed E-state index contributed by atoms with van der Waals surface area (Å²) >= 11 is 0. The Labute approximate surface area is 99.9 Å². The fourth-order valence-corrected chi connectivity index (χ4v) is 2.22. The fourth-order valence-electron chi connectivity index (χ4n) is 2.22. The predicted octanol–water partition coefficient (Wildman–Crippen LogP) is 2.56. The van der Waals surface area contributed by atoms with Gasteiger partial charge in [-0.05, 0) is 38.5 Å². The molecule has 0 saturated heterocycles. The van der Waals surface area contributed by atoms with Crippen LogP contribution in [-0.4, -0.2) is 32.6 Å². The summed E-state index contributed by atoms with van der Waals surface area (Å²) in [6, 6.07) is 0. The molecule has 3 nitrogen and oxygen atoms in total. The molecule has 1 aliphatic carbocycles. The standard InChI is InChI=1S/C13H27NO2/c1-4-7-13(8-9-13)11-14-10-12(15-5-2)16-6-3/h12,14H,4-11H2,1-3H3. The molecule has 3 heteroatoms. The molecular formula is C13H27NO2. The summed E-state index contributed by atoms with van der Waals surface area (Å²) in [4.78, 5) is 0. The summed E-state index contributed by atoms with van der Waals surface area (Å²) in [5.41, 5.74) is 0.609. The Morgan fingerprint density at radius 2 is 1.75 bits per heavy atom. The van der Waals surface area contributed by atoms with E-state index in [-0.39, 0.29) is 6.29 Å². The van der Waals surface area contributed by atoms with Gasteiger partial charge in [-0.2, -0.15) is 0 Å². The lowest BCUT2D eigenvalue weighted by Crippen LogP contribution is -2.35. The van der Waals surface area contributed by atoms with Crippen LogP contribution >= 0.6 is 0 Å². The normalized spacial score (nSPS) is 18.0. The van der Waals surface area contributed by atoms with Crippen LogP contribution in [0.15, 0.2) is 0 Å². The lowest BCUT2D eigenvalue weighted by atomic mass is 10.0. The molecule has 0 spiro atoms. The Kier molecular flexibility index (Phi) is 6.32. The summed E-state index contributed by atoms with van der Waals surface area (Å²) in [6.45, 7) is 9.64. The van der Waals surface area contributed by atoms with Gasteiger partial charge < -0.3 is 14.8 Å². The molecule has 0 aromatic carbocycles. The molecule has 0 unspecified atom stereocenters. The summed E-state index contributed by atoms with van der Waals surface area (Å²) in [6.07, 6.45) is 5.35. The van der Waals surface area contributed by atoms with Gasteiger partial charge in [0, 0.05) is 26.3 Å². The van der Waals surface area contributed by atoms with Crippen LogP contribution in [0, 0.1) is 5.41 Å². The van der Waals surface area contributed by atoms with Crippen molar-refractivity contribution in [2.45, 2.75) is 52.7 Å². The Balaban J connectivity index is 2.12. The van der Waals surface area contributed by atoms with Gasteiger partial charge in [0.15, 0.2) is 6.29 Å². The van der Waals surface area contributed by atoms with Crippen LogP contribution < -0.4 is 5.32 Å². The molecule has 1 rings (SSSR count). The van der Waals surface area contributed by atoms with Crippen LogP contribution in [0.5, 0.6) is 0 Å². The number of rotatable bonds is 10. The number of nitrogens with one attached hydrogen (secondary N) is 1. The van der Waals surface area contributed by atoms with E-state index < -0.39 is 0 Å². The molecule has 0 radical (unpaired) electrons. The summed E-state index contributed by atoms with van der Waals surface area (Å²) in [5, 5.41) is 3.49. The zero-order chi connectivity index (χ0) is 11.9. The maximum Gasteiger partial charge on any atom is 0.169 e. The van der Waals surface area contributed by atoms with Gasteiger partial charge in [0.2, 0.25) is 0 Å². The summed E-state index contributed by atoms with van der Waals surface area (Å²) in [7, 11) is 0. The van der Waals surface area contributed by atoms with Gasteiger partial charge in [-0.1, -0.05) is 13.3 Å². The first-order chi connectivity index (χ1) is 7.76. The Hall–Kier alpha value is -0.120. The maximum atomic E-state index is 5.49. The minimum absolute atomic E-state index is 0.0765. The highest BCUT2D eigenvalue weighted by atomic mass is 16.7. The molecule has 0 heterocycles. The molecule has 0 aromatic rings. The minimum Gasteiger partial charge on any atom is -0.352 e. The average molecular weight is 229 g/mol. The first kappa shape index (κ1) is 13.9. The second kappa shape index (κ2) is 7.25. The Morgan fingerprint density at radius 1 is 1.12 bits per heavy atom. The van der Waals surface area contributed by atoms with E-state index >= 15 is 0 Å². The van der Waals surface area contributed by atoms with Crippen molar-refractivity contribution in [3.8, 4) is 0 Å². The predicted molar refractivity (Wildman–Crippen MR) is 66.5 cm³/mol. The van der Waals surface area contributed by atoms with Crippen LogP contribution in [-0.2, 0) is 9.47 Å². The highest BCUT2D eigenvalue weighted by Gasteiger charge is 2.40. The van der Waals surface area contributed by atoms with Crippen molar-refractivity contribution in [3.05, 3.63) is 0 Å². The van der Waals surface area contributed by atoms with Gasteiger partial charge in [0.05, 0.1) is 0 Å². The molecule has 1 fully saturated rings. The van der Waals surface area contributed by atoms with E-state index in [1.807, 2.05) is 13.8 Å². The lowest BCUT2D eigenvalue weighted by molar-refractivity contribution is -0.133. The van der Waals surface area contributed by atoms with Crippen molar-refractivity contribution in [1.82, 2.24) is 5.32 Å². The average Bonchev–Trinajstić information content (AvgIpc) is 2.99. The molecule has 0 amide bonds. The molecule has 0 bridgehead atoms. The van der Waals surface area contributed by atoms with Crippen molar-refractivity contribution in [3.63, 3.8) is 0 Å². The molecule has 1 aliphatic rings. The minimum atomic E-state index is -0.0765. The third-order valence-electron chi connectivity index (χ3n) is 3.25. The van der Waals surface area contributed by atoms with E-state index in [9.17, 15) is 0 Å². The smallest absolute Gasteiger partial charge is 0.169 e. The molecule has 1 saturated carbocycles. The van der Waals surface area contributed by atoms with Crippen LogP contribution in [0.3, 0.4) is 0 Å². The largest absolute Gasteiger partial charge is 0.352 e. The zero-order valence-electron chi connectivity index (χ0n) is 11.1. The van der Waals surface area contributed by atoms with Crippen LogP contribution in [0.1, 0.15) is 46.5 Å². The Bertz CT molecular complexity index is 175. The van der Waals surface area contributed by atoms with Crippen LogP contribution in [0.2, 0.25) is 0 Å². The molecule has 96 valence electrons. The molecule has 0 aliphatic heterocycles. The molecule has 16 heavy (non-hydrogen) atoms. The van der Waals surface area contributed by atoms with Crippen LogP contribution in [0.25, 0.3) is 0 Å². The second-order valence-electron chi connectivity index (χ2n) is 4.72. The van der Waals surface area contributed by atoms with Gasteiger partial charge in [0.1, 0.15) is 0 Å². The van der Waals surface area contributed by atoms with E-state index in [4.69, 9.17) is 9.47 Å². The summed E-state index contributed by atoms with van der Waals surface area (Å²) in [5.74, 6) is 0. The first-order valence-corrected chi connectivity index (χ1v) is 6.70. The monoisotopic (exact) mass is 229 g/mol. The van der Waals surface area contributed by atoms with Crippen molar-refractivity contribution >= 4 is 0 Å². The van der Waals surface area contributed by atoms with Crippen LogP contribution in [0.4, 0.5) is 0 Å². The molecule has 0 atom stereocenters. The zero-order valence-corrected chi connectivity index (χ0v) is 11.1. The van der Waals surface area contributed by atoms with Crippen molar-refractivity contribution in [2.24, 2.45) is 5.41 Å². The first-order valence-electron chi connectivity index (χ1n) is 6.70. The van der Waals surface area contributed by atoms with Gasteiger partial charge in [-0.3, -0.25) is 0 Å². The second-order valence-corrected chi connectivity index (χ2v) is 4.72.